The number of benzene rings is 3. The standard InChI is InChI=1S/C22H20N2O3/c25-19-12-6-10-17(20(19)26)21-23-18-11-5-4-9-16(18)22(27)24(21)14-13-15-7-2-1-3-8-15/h1-12,21,23,25-26H,13-14H2. The summed E-state index contributed by atoms with van der Waals surface area (Å²) in [4.78, 5) is 14.9. The number of para-hydroxylation sites is 2. The van der Waals surface area contributed by atoms with E-state index in [1.807, 2.05) is 48.5 Å². The lowest BCUT2D eigenvalue weighted by Gasteiger charge is -2.38. The van der Waals surface area contributed by atoms with Gasteiger partial charge >= 0.3 is 0 Å². The zero-order valence-electron chi connectivity index (χ0n) is 14.7. The fourth-order valence-electron chi connectivity index (χ4n) is 3.43. The van der Waals surface area contributed by atoms with E-state index in [9.17, 15) is 15.0 Å². The first-order valence-corrected chi connectivity index (χ1v) is 8.86. The van der Waals surface area contributed by atoms with Crippen LogP contribution in [0.5, 0.6) is 11.5 Å². The van der Waals surface area contributed by atoms with Crippen molar-refractivity contribution in [3.8, 4) is 11.5 Å². The molecule has 0 aliphatic carbocycles. The second-order valence-electron chi connectivity index (χ2n) is 6.54. The second kappa shape index (κ2) is 7.03. The highest BCUT2D eigenvalue weighted by molar-refractivity contribution is 6.01. The minimum atomic E-state index is -0.566. The maximum Gasteiger partial charge on any atom is 0.257 e. The number of aromatic hydroxyl groups is 2. The van der Waals surface area contributed by atoms with Gasteiger partial charge in [-0.1, -0.05) is 54.6 Å². The van der Waals surface area contributed by atoms with Gasteiger partial charge in [0.1, 0.15) is 6.17 Å². The summed E-state index contributed by atoms with van der Waals surface area (Å²) < 4.78 is 0. The Morgan fingerprint density at radius 3 is 2.44 bits per heavy atom. The van der Waals surface area contributed by atoms with Gasteiger partial charge in [0.2, 0.25) is 0 Å². The van der Waals surface area contributed by atoms with E-state index in [-0.39, 0.29) is 17.4 Å². The van der Waals surface area contributed by atoms with Crippen LogP contribution in [-0.4, -0.2) is 27.6 Å². The first-order chi connectivity index (χ1) is 13.1. The number of phenols is 2. The van der Waals surface area contributed by atoms with Crippen LogP contribution in [0.25, 0.3) is 0 Å². The van der Waals surface area contributed by atoms with E-state index >= 15 is 0 Å². The number of rotatable bonds is 4. The molecule has 1 amide bonds. The number of carbonyl (C=O) groups is 1. The van der Waals surface area contributed by atoms with Crippen molar-refractivity contribution in [2.75, 3.05) is 11.9 Å². The first kappa shape index (κ1) is 17.0. The van der Waals surface area contributed by atoms with Crippen LogP contribution in [0.3, 0.4) is 0 Å². The van der Waals surface area contributed by atoms with Crippen molar-refractivity contribution in [2.45, 2.75) is 12.6 Å². The number of hydrogen-bond donors (Lipinski definition) is 3. The molecule has 136 valence electrons. The highest BCUT2D eigenvalue weighted by Crippen LogP contribution is 2.39. The summed E-state index contributed by atoms with van der Waals surface area (Å²) in [5, 5.41) is 23.6. The Balaban J connectivity index is 1.71. The van der Waals surface area contributed by atoms with Crippen LogP contribution >= 0.6 is 0 Å². The molecule has 3 N–H and O–H groups in total. The van der Waals surface area contributed by atoms with Gasteiger partial charge in [0.15, 0.2) is 11.5 Å². The molecule has 1 atom stereocenters. The molecule has 0 aromatic heterocycles. The average Bonchev–Trinajstić information content (AvgIpc) is 2.70. The van der Waals surface area contributed by atoms with Crippen LogP contribution in [0.4, 0.5) is 5.69 Å². The normalized spacial score (nSPS) is 15.9. The first-order valence-electron chi connectivity index (χ1n) is 8.86. The van der Waals surface area contributed by atoms with Crippen LogP contribution in [-0.2, 0) is 6.42 Å². The van der Waals surface area contributed by atoms with E-state index < -0.39 is 6.17 Å². The summed E-state index contributed by atoms with van der Waals surface area (Å²) in [6.45, 7) is 0.476. The summed E-state index contributed by atoms with van der Waals surface area (Å²) in [6, 6.07) is 22.1. The monoisotopic (exact) mass is 360 g/mol. The molecule has 3 aromatic rings. The van der Waals surface area contributed by atoms with Crippen LogP contribution < -0.4 is 5.32 Å². The maximum absolute atomic E-state index is 13.2. The summed E-state index contributed by atoms with van der Waals surface area (Å²) in [5.74, 6) is -0.525. The van der Waals surface area contributed by atoms with E-state index in [1.54, 1.807) is 23.1 Å². The zero-order chi connectivity index (χ0) is 18.8. The van der Waals surface area contributed by atoms with Crippen molar-refractivity contribution in [1.29, 1.82) is 0 Å². The van der Waals surface area contributed by atoms with Gasteiger partial charge < -0.3 is 20.4 Å². The van der Waals surface area contributed by atoms with Crippen molar-refractivity contribution in [2.24, 2.45) is 0 Å². The Hall–Kier alpha value is -3.47. The molecule has 1 aliphatic rings. The van der Waals surface area contributed by atoms with E-state index in [0.717, 1.165) is 5.56 Å². The van der Waals surface area contributed by atoms with Gasteiger partial charge in [0, 0.05) is 17.8 Å². The van der Waals surface area contributed by atoms with Gasteiger partial charge in [-0.25, -0.2) is 0 Å². The second-order valence-corrected chi connectivity index (χ2v) is 6.54. The number of nitrogens with one attached hydrogen (secondary N) is 1. The summed E-state index contributed by atoms with van der Waals surface area (Å²) in [5.41, 5.74) is 2.90. The predicted octanol–water partition coefficient (Wildman–Crippen LogP) is 3.91. The van der Waals surface area contributed by atoms with Gasteiger partial charge in [0.05, 0.1) is 5.56 Å². The Morgan fingerprint density at radius 2 is 1.63 bits per heavy atom. The summed E-state index contributed by atoms with van der Waals surface area (Å²) in [7, 11) is 0. The third-order valence-electron chi connectivity index (χ3n) is 4.85. The third-order valence-corrected chi connectivity index (χ3v) is 4.85. The Kier molecular flexibility index (Phi) is 4.42. The minimum Gasteiger partial charge on any atom is -0.504 e. The molecule has 0 saturated carbocycles. The zero-order valence-corrected chi connectivity index (χ0v) is 14.7. The number of hydrogen-bond acceptors (Lipinski definition) is 4. The van der Waals surface area contributed by atoms with E-state index in [1.165, 1.54) is 6.07 Å². The van der Waals surface area contributed by atoms with Crippen LogP contribution in [0.1, 0.15) is 27.7 Å². The maximum atomic E-state index is 13.2. The van der Waals surface area contributed by atoms with Gasteiger partial charge in [0.25, 0.3) is 5.91 Å². The largest absolute Gasteiger partial charge is 0.504 e. The van der Waals surface area contributed by atoms with E-state index in [2.05, 4.69) is 5.32 Å². The number of nitrogens with zero attached hydrogens (tertiary/aromatic N) is 1. The fourth-order valence-corrected chi connectivity index (χ4v) is 3.43. The molecule has 0 radical (unpaired) electrons. The minimum absolute atomic E-state index is 0.104. The Bertz CT molecular complexity index is 972. The molecular weight excluding hydrogens is 340 g/mol. The molecule has 0 fully saturated rings. The van der Waals surface area contributed by atoms with Crippen LogP contribution in [0, 0.1) is 0 Å². The van der Waals surface area contributed by atoms with Crippen molar-refractivity contribution < 1.29 is 15.0 Å². The SMILES string of the molecule is O=C1c2ccccc2NC(c2cccc(O)c2O)N1CCc1ccccc1. The molecule has 1 unspecified atom stereocenters. The summed E-state index contributed by atoms with van der Waals surface area (Å²) >= 11 is 0. The molecule has 4 rings (SSSR count). The lowest BCUT2D eigenvalue weighted by molar-refractivity contribution is 0.0683. The number of amides is 1. The Morgan fingerprint density at radius 1 is 0.889 bits per heavy atom. The number of carbonyl (C=O) groups excluding carboxylic acids is 1. The quantitative estimate of drug-likeness (QED) is 0.617. The number of phenolic OH excluding ortho intramolecular Hbond substituents is 2. The van der Waals surface area contributed by atoms with Gasteiger partial charge in [-0.15, -0.1) is 0 Å². The van der Waals surface area contributed by atoms with Gasteiger partial charge in [-0.2, -0.15) is 0 Å². The topological polar surface area (TPSA) is 72.8 Å². The van der Waals surface area contributed by atoms with Crippen molar-refractivity contribution >= 4 is 11.6 Å². The summed E-state index contributed by atoms with van der Waals surface area (Å²) in [6.07, 6.45) is 0.121. The predicted molar refractivity (Wildman–Crippen MR) is 104 cm³/mol. The molecule has 3 aromatic carbocycles. The average molecular weight is 360 g/mol. The molecule has 0 saturated heterocycles. The van der Waals surface area contributed by atoms with E-state index in [0.29, 0.717) is 29.8 Å². The molecule has 27 heavy (non-hydrogen) atoms. The molecular formula is C22H20N2O3. The fraction of sp³-hybridized carbons (Fsp3) is 0.136. The van der Waals surface area contributed by atoms with Crippen molar-refractivity contribution in [1.82, 2.24) is 4.90 Å². The Labute approximate surface area is 157 Å². The van der Waals surface area contributed by atoms with E-state index in [4.69, 9.17) is 0 Å². The molecule has 1 aliphatic heterocycles. The smallest absolute Gasteiger partial charge is 0.257 e. The molecule has 0 bridgehead atoms. The lowest BCUT2D eigenvalue weighted by atomic mass is 10.0. The number of fused-ring (bicyclic) bond motifs is 1. The van der Waals surface area contributed by atoms with Gasteiger partial charge in [-0.05, 0) is 30.2 Å². The highest BCUT2D eigenvalue weighted by atomic mass is 16.3. The molecule has 0 spiro atoms. The number of anilines is 1. The highest BCUT2D eigenvalue weighted by Gasteiger charge is 2.34. The molecule has 5 heteroatoms. The van der Waals surface area contributed by atoms with Crippen LogP contribution in [0.2, 0.25) is 0 Å². The van der Waals surface area contributed by atoms with Crippen molar-refractivity contribution in [3.63, 3.8) is 0 Å². The van der Waals surface area contributed by atoms with Crippen LogP contribution in [0.15, 0.2) is 72.8 Å². The van der Waals surface area contributed by atoms with Crippen molar-refractivity contribution in [3.05, 3.63) is 89.5 Å². The van der Waals surface area contributed by atoms with Gasteiger partial charge in [-0.3, -0.25) is 4.79 Å². The third kappa shape index (κ3) is 3.19. The molecule has 1 heterocycles. The molecule has 5 nitrogen and oxygen atoms in total. The lowest BCUT2D eigenvalue weighted by Crippen LogP contribution is -2.44.